The third kappa shape index (κ3) is 5.08. The zero-order valence-corrected chi connectivity index (χ0v) is 22.8. The van der Waals surface area contributed by atoms with E-state index < -0.39 is 29.0 Å². The lowest BCUT2D eigenvalue weighted by Crippen LogP contribution is -2.33. The molecule has 1 fully saturated rings. The third-order valence-electron chi connectivity index (χ3n) is 7.87. The molecular weight excluding hydrogens is 561 g/mol. The molecule has 0 unspecified atom stereocenters. The Labute approximate surface area is 237 Å². The van der Waals surface area contributed by atoms with E-state index in [-0.39, 0.29) is 34.1 Å². The van der Waals surface area contributed by atoms with E-state index >= 15 is 0 Å². The van der Waals surface area contributed by atoms with Crippen LogP contribution in [0, 0.1) is 11.3 Å². The van der Waals surface area contributed by atoms with Crippen LogP contribution in [0.5, 0.6) is 0 Å². The van der Waals surface area contributed by atoms with Crippen LogP contribution < -0.4 is 11.1 Å². The lowest BCUT2D eigenvalue weighted by molar-refractivity contribution is -0.151. The number of carbonyl (C=O) groups is 2. The second kappa shape index (κ2) is 10.3. The second-order valence-corrected chi connectivity index (χ2v) is 10.9. The predicted octanol–water partition coefficient (Wildman–Crippen LogP) is 6.29. The number of carboxylic acids is 1. The Morgan fingerprint density at radius 3 is 2.59 bits per heavy atom. The van der Waals surface area contributed by atoms with E-state index in [2.05, 4.69) is 15.3 Å². The van der Waals surface area contributed by atoms with Crippen molar-refractivity contribution in [3.8, 4) is 11.3 Å². The summed E-state index contributed by atoms with van der Waals surface area (Å²) in [6.07, 6.45) is 1.18. The van der Waals surface area contributed by atoms with Crippen LogP contribution in [0.1, 0.15) is 60.8 Å². The van der Waals surface area contributed by atoms with Crippen molar-refractivity contribution in [2.45, 2.75) is 45.2 Å². The molecule has 0 saturated heterocycles. The Kier molecular flexibility index (Phi) is 7.14. The molecule has 4 aromatic rings. The van der Waals surface area contributed by atoms with Crippen molar-refractivity contribution in [2.75, 3.05) is 11.1 Å². The highest BCUT2D eigenvalue weighted by Crippen LogP contribution is 2.51. The minimum absolute atomic E-state index is 0.0679. The first kappa shape index (κ1) is 28.3. The number of aromatic nitrogens is 4. The monoisotopic (exact) mass is 586 g/mol. The van der Waals surface area contributed by atoms with Crippen LogP contribution >= 0.6 is 11.6 Å². The number of anilines is 2. The number of carbonyl (C=O) groups excluding carboxylic acids is 1. The topological polar surface area (TPSA) is 135 Å². The molecule has 13 heteroatoms. The number of nitrogens with zero attached hydrogens (tertiary/aromatic N) is 4. The Hall–Kier alpha value is -4.19. The predicted molar refractivity (Wildman–Crippen MR) is 147 cm³/mol. The summed E-state index contributed by atoms with van der Waals surface area (Å²) in [4.78, 5) is 37.9. The van der Waals surface area contributed by atoms with Gasteiger partial charge >= 0.3 is 12.1 Å². The van der Waals surface area contributed by atoms with Gasteiger partial charge in [0.15, 0.2) is 0 Å². The lowest BCUT2D eigenvalue weighted by atomic mass is 9.75. The number of hydrogen-bond acceptors (Lipinski definition) is 6. The molecule has 9 nitrogen and oxygen atoms in total. The number of carboxylic acid groups (broad SMARTS) is 1. The molecule has 1 saturated carbocycles. The fourth-order valence-corrected chi connectivity index (χ4v) is 5.81. The number of amides is 1. The molecule has 4 N–H and O–H groups in total. The summed E-state index contributed by atoms with van der Waals surface area (Å²) in [7, 11) is 0. The first-order chi connectivity index (χ1) is 19.3. The molecule has 2 atom stereocenters. The summed E-state index contributed by atoms with van der Waals surface area (Å²) in [6, 6.07) is 5.96. The number of fused-ring (bicyclic) bond motifs is 1. The van der Waals surface area contributed by atoms with Gasteiger partial charge in [-0.15, -0.1) is 0 Å². The maximum atomic E-state index is 13.0. The minimum atomic E-state index is -4.58. The van der Waals surface area contributed by atoms with Crippen molar-refractivity contribution < 1.29 is 27.9 Å². The van der Waals surface area contributed by atoms with Gasteiger partial charge in [0.05, 0.1) is 16.0 Å². The Morgan fingerprint density at radius 2 is 1.95 bits per heavy atom. The van der Waals surface area contributed by atoms with Crippen molar-refractivity contribution >= 4 is 40.6 Å². The summed E-state index contributed by atoms with van der Waals surface area (Å²) in [5.74, 6) is -1.17. The molecule has 3 heterocycles. The van der Waals surface area contributed by atoms with Gasteiger partial charge in [0.2, 0.25) is 0 Å². The maximum absolute atomic E-state index is 13.0. The summed E-state index contributed by atoms with van der Waals surface area (Å²) < 4.78 is 40.9. The van der Waals surface area contributed by atoms with E-state index in [4.69, 9.17) is 22.3 Å². The van der Waals surface area contributed by atoms with Gasteiger partial charge < -0.3 is 16.2 Å². The third-order valence-corrected chi connectivity index (χ3v) is 8.18. The molecule has 1 aromatic carbocycles. The molecule has 0 aliphatic heterocycles. The van der Waals surface area contributed by atoms with Crippen LogP contribution in [0.15, 0.2) is 48.9 Å². The number of imidazole rings is 1. The fourth-order valence-electron chi connectivity index (χ4n) is 5.54. The molecule has 1 amide bonds. The van der Waals surface area contributed by atoms with Gasteiger partial charge in [-0.05, 0) is 49.4 Å². The maximum Gasteiger partial charge on any atom is 0.416 e. The van der Waals surface area contributed by atoms with Crippen LogP contribution in [0.2, 0.25) is 5.02 Å². The van der Waals surface area contributed by atoms with E-state index in [1.165, 1.54) is 18.3 Å². The van der Waals surface area contributed by atoms with Gasteiger partial charge in [-0.25, -0.2) is 15.0 Å². The Bertz CT molecular complexity index is 1670. The number of nitrogens with one attached hydrogen (secondary N) is 1. The van der Waals surface area contributed by atoms with Gasteiger partial charge in [0.1, 0.15) is 28.7 Å². The average Bonchev–Trinajstić information content (AvgIpc) is 3.52. The van der Waals surface area contributed by atoms with Gasteiger partial charge in [-0.2, -0.15) is 13.2 Å². The van der Waals surface area contributed by atoms with Crippen molar-refractivity contribution in [1.29, 1.82) is 0 Å². The zero-order chi connectivity index (χ0) is 29.7. The molecule has 214 valence electrons. The smallest absolute Gasteiger partial charge is 0.416 e. The number of pyridine rings is 1. The van der Waals surface area contributed by atoms with E-state index in [1.807, 2.05) is 13.8 Å². The van der Waals surface area contributed by atoms with Crippen molar-refractivity contribution in [2.24, 2.45) is 11.3 Å². The number of aliphatic carboxylic acids is 1. The minimum Gasteiger partial charge on any atom is -0.481 e. The van der Waals surface area contributed by atoms with Crippen LogP contribution in [-0.2, 0) is 11.0 Å². The number of nitrogen functional groups attached to an aromatic ring is 1. The Balaban J connectivity index is 1.49. The van der Waals surface area contributed by atoms with Gasteiger partial charge in [-0.1, -0.05) is 31.5 Å². The van der Waals surface area contributed by atoms with Crippen LogP contribution in [0.25, 0.3) is 16.8 Å². The summed E-state index contributed by atoms with van der Waals surface area (Å²) in [5, 5.41) is 12.5. The normalized spacial score (nSPS) is 19.1. The summed E-state index contributed by atoms with van der Waals surface area (Å²) in [5.41, 5.74) is 5.90. The van der Waals surface area contributed by atoms with Crippen LogP contribution in [0.4, 0.5) is 24.8 Å². The van der Waals surface area contributed by atoms with Gasteiger partial charge in [-0.3, -0.25) is 14.0 Å². The fraction of sp³-hybridized carbons (Fsp3) is 0.321. The number of rotatable bonds is 6. The number of alkyl halides is 3. The average molecular weight is 587 g/mol. The van der Waals surface area contributed by atoms with Gasteiger partial charge in [0, 0.05) is 35.6 Å². The molecule has 41 heavy (non-hydrogen) atoms. The second-order valence-electron chi connectivity index (χ2n) is 10.5. The zero-order valence-electron chi connectivity index (χ0n) is 22.0. The molecular formula is C28H26ClF3N6O3. The first-order valence-corrected chi connectivity index (χ1v) is 13.2. The summed E-state index contributed by atoms with van der Waals surface area (Å²) >= 11 is 6.61. The van der Waals surface area contributed by atoms with E-state index in [9.17, 15) is 27.9 Å². The van der Waals surface area contributed by atoms with E-state index in [0.717, 1.165) is 18.3 Å². The first-order valence-electron chi connectivity index (χ1n) is 12.8. The molecule has 5 rings (SSSR count). The quantitative estimate of drug-likeness (QED) is 0.241. The highest BCUT2D eigenvalue weighted by Gasteiger charge is 2.49. The summed E-state index contributed by atoms with van der Waals surface area (Å²) in [6.45, 7) is 3.82. The number of hydrogen-bond donors (Lipinski definition) is 3. The molecule has 1 aliphatic rings. The molecule has 3 aromatic heterocycles. The largest absolute Gasteiger partial charge is 0.481 e. The standard InChI is InChI=1S/C28H26ClF3N6O3/c1-14(2)27(26(40)41)7-5-16(13-27)24-37-21(22-23(33)35-9-10-38(22)24)18-4-3-15(11-19(18)29)25(39)36-20-12-17(6-8-34-20)28(30,31)32/h3-4,6,8-12,14,16H,5,7,13H2,1-2H3,(H2,33,35)(H,40,41)(H,34,36,39)/t16-,27-/m0/s1. The molecule has 0 radical (unpaired) electrons. The number of benzene rings is 1. The van der Waals surface area contributed by atoms with Gasteiger partial charge in [0.25, 0.3) is 5.91 Å². The van der Waals surface area contributed by atoms with Crippen LogP contribution in [-0.4, -0.2) is 36.3 Å². The Morgan fingerprint density at radius 1 is 1.20 bits per heavy atom. The lowest BCUT2D eigenvalue weighted by Gasteiger charge is -2.28. The molecule has 1 aliphatic carbocycles. The highest BCUT2D eigenvalue weighted by molar-refractivity contribution is 6.34. The molecule has 0 bridgehead atoms. The van der Waals surface area contributed by atoms with Crippen LogP contribution in [0.3, 0.4) is 0 Å². The van der Waals surface area contributed by atoms with E-state index in [1.54, 1.807) is 16.7 Å². The number of nitrogens with two attached hydrogens (primary N) is 1. The van der Waals surface area contributed by atoms with Crippen molar-refractivity contribution in [1.82, 2.24) is 19.4 Å². The van der Waals surface area contributed by atoms with E-state index in [0.29, 0.717) is 41.9 Å². The molecule has 0 spiro atoms. The highest BCUT2D eigenvalue weighted by atomic mass is 35.5. The SMILES string of the molecule is CC(C)[C@]1(C(=O)O)CC[C@H](c2nc(-c3ccc(C(=O)Nc4cc(C(F)(F)F)ccn4)cc3Cl)c3c(N)nccn23)C1. The van der Waals surface area contributed by atoms with Crippen molar-refractivity contribution in [3.63, 3.8) is 0 Å². The number of halogens is 4. The van der Waals surface area contributed by atoms with Crippen molar-refractivity contribution in [3.05, 3.63) is 70.9 Å².